The molecule has 1 fully saturated rings. The molecule has 0 radical (unpaired) electrons. The van der Waals surface area contributed by atoms with E-state index in [9.17, 15) is 9.59 Å². The molecule has 2 rings (SSSR count). The number of carboxylic acid groups (broad SMARTS) is 1. The molecule has 0 aromatic carbocycles. The van der Waals surface area contributed by atoms with Crippen LogP contribution < -0.4 is 0 Å². The molecule has 1 N–H and O–H groups in total. The highest BCUT2D eigenvalue weighted by molar-refractivity contribution is 7.08. The zero-order valence-corrected chi connectivity index (χ0v) is 9.79. The van der Waals surface area contributed by atoms with Crippen molar-refractivity contribution in [3.8, 4) is 0 Å². The van der Waals surface area contributed by atoms with E-state index in [2.05, 4.69) is 0 Å². The average Bonchev–Trinajstić information content (AvgIpc) is 2.85. The number of hydrogen-bond acceptors (Lipinski definition) is 3. The van der Waals surface area contributed by atoms with Crippen LogP contribution in [0.5, 0.6) is 0 Å². The van der Waals surface area contributed by atoms with Gasteiger partial charge >= 0.3 is 5.97 Å². The van der Waals surface area contributed by atoms with Crippen LogP contribution in [0, 0.1) is 5.41 Å². The summed E-state index contributed by atoms with van der Waals surface area (Å²) in [4.78, 5) is 24.6. The Morgan fingerprint density at radius 1 is 1.56 bits per heavy atom. The minimum absolute atomic E-state index is 0.0637. The topological polar surface area (TPSA) is 57.6 Å². The molecule has 1 aliphatic heterocycles. The Balaban J connectivity index is 2.10. The summed E-state index contributed by atoms with van der Waals surface area (Å²) in [6, 6.07) is 1.77. The molecular formula is C11H13NO3S. The maximum Gasteiger partial charge on any atom is 0.311 e. The van der Waals surface area contributed by atoms with Crippen LogP contribution >= 0.6 is 11.3 Å². The Hall–Kier alpha value is -1.36. The van der Waals surface area contributed by atoms with E-state index in [0.29, 0.717) is 25.1 Å². The van der Waals surface area contributed by atoms with Crippen LogP contribution in [-0.4, -0.2) is 35.0 Å². The zero-order chi connectivity index (χ0) is 11.8. The van der Waals surface area contributed by atoms with E-state index in [1.54, 1.807) is 23.3 Å². The van der Waals surface area contributed by atoms with Crippen LogP contribution in [-0.2, 0) is 4.79 Å². The third kappa shape index (κ3) is 1.82. The van der Waals surface area contributed by atoms with E-state index in [0.717, 1.165) is 0 Å². The molecule has 5 heteroatoms. The lowest BCUT2D eigenvalue weighted by Crippen LogP contribution is -2.34. The Kier molecular flexibility index (Phi) is 2.71. The van der Waals surface area contributed by atoms with Crippen LogP contribution in [0.2, 0.25) is 0 Å². The van der Waals surface area contributed by atoms with Crippen LogP contribution in [0.4, 0.5) is 0 Å². The van der Waals surface area contributed by atoms with Gasteiger partial charge in [0, 0.05) is 18.5 Å². The molecular weight excluding hydrogens is 226 g/mol. The van der Waals surface area contributed by atoms with Gasteiger partial charge in [0.15, 0.2) is 0 Å². The van der Waals surface area contributed by atoms with Crippen molar-refractivity contribution in [3.05, 3.63) is 22.4 Å². The summed E-state index contributed by atoms with van der Waals surface area (Å²) >= 11 is 1.47. The first-order chi connectivity index (χ1) is 7.53. The molecule has 2 heterocycles. The molecule has 1 aliphatic rings. The fourth-order valence-corrected chi connectivity index (χ4v) is 2.51. The summed E-state index contributed by atoms with van der Waals surface area (Å²) < 4.78 is 0. The average molecular weight is 239 g/mol. The fraction of sp³-hybridized carbons (Fsp3) is 0.455. The minimum atomic E-state index is -0.826. The summed E-state index contributed by atoms with van der Waals surface area (Å²) in [5.41, 5.74) is -0.134. The highest BCUT2D eigenvalue weighted by Crippen LogP contribution is 2.31. The summed E-state index contributed by atoms with van der Waals surface area (Å²) in [5.74, 6) is -0.889. The molecule has 0 bridgehead atoms. The minimum Gasteiger partial charge on any atom is -0.481 e. The van der Waals surface area contributed by atoms with E-state index in [1.165, 1.54) is 11.3 Å². The van der Waals surface area contributed by atoms with Crippen molar-refractivity contribution in [2.75, 3.05) is 13.1 Å². The molecule has 4 nitrogen and oxygen atoms in total. The van der Waals surface area contributed by atoms with Crippen LogP contribution in [0.25, 0.3) is 0 Å². The third-order valence-electron chi connectivity index (χ3n) is 3.04. The van der Waals surface area contributed by atoms with Gasteiger partial charge in [-0.3, -0.25) is 9.59 Å². The highest BCUT2D eigenvalue weighted by Gasteiger charge is 2.42. The molecule has 1 aromatic rings. The number of nitrogens with zero attached hydrogens (tertiary/aromatic N) is 1. The monoisotopic (exact) mass is 239 g/mol. The smallest absolute Gasteiger partial charge is 0.311 e. The van der Waals surface area contributed by atoms with Gasteiger partial charge in [-0.2, -0.15) is 11.3 Å². The van der Waals surface area contributed by atoms with Gasteiger partial charge in [0.2, 0.25) is 0 Å². The van der Waals surface area contributed by atoms with Gasteiger partial charge in [-0.15, -0.1) is 0 Å². The van der Waals surface area contributed by atoms with Gasteiger partial charge in [-0.25, -0.2) is 0 Å². The summed E-state index contributed by atoms with van der Waals surface area (Å²) in [5, 5.41) is 12.7. The number of carboxylic acids is 1. The second-order valence-electron chi connectivity index (χ2n) is 4.35. The second-order valence-corrected chi connectivity index (χ2v) is 5.13. The summed E-state index contributed by atoms with van der Waals surface area (Å²) in [7, 11) is 0. The van der Waals surface area contributed by atoms with Gasteiger partial charge < -0.3 is 10.0 Å². The quantitative estimate of drug-likeness (QED) is 0.854. The lowest BCUT2D eigenvalue weighted by atomic mass is 9.90. The Morgan fingerprint density at radius 2 is 2.31 bits per heavy atom. The largest absolute Gasteiger partial charge is 0.481 e. The van der Waals surface area contributed by atoms with E-state index >= 15 is 0 Å². The first-order valence-electron chi connectivity index (χ1n) is 5.08. The molecule has 0 aliphatic carbocycles. The van der Waals surface area contributed by atoms with Crippen molar-refractivity contribution >= 4 is 23.2 Å². The zero-order valence-electron chi connectivity index (χ0n) is 8.97. The Labute approximate surface area is 97.5 Å². The van der Waals surface area contributed by atoms with Gasteiger partial charge in [-0.05, 0) is 24.8 Å². The van der Waals surface area contributed by atoms with Crippen molar-refractivity contribution in [1.29, 1.82) is 0 Å². The summed E-state index contributed by atoms with van der Waals surface area (Å²) in [6.45, 7) is 2.52. The predicted octanol–water partition coefficient (Wildman–Crippen LogP) is 1.68. The molecule has 1 saturated heterocycles. The SMILES string of the molecule is CC1(C(=O)O)CCN(C(=O)c2ccsc2)C1. The summed E-state index contributed by atoms with van der Waals surface area (Å²) in [6.07, 6.45) is 0.526. The Morgan fingerprint density at radius 3 is 2.81 bits per heavy atom. The maximum absolute atomic E-state index is 12.0. The molecule has 86 valence electrons. The standard InChI is InChI=1S/C11H13NO3S/c1-11(10(14)15)3-4-12(7-11)9(13)8-2-5-16-6-8/h2,5-6H,3-4,7H2,1H3,(H,14,15). The predicted molar refractivity (Wildman–Crippen MR) is 60.6 cm³/mol. The van der Waals surface area contributed by atoms with Crippen molar-refractivity contribution in [1.82, 2.24) is 4.90 Å². The molecule has 1 amide bonds. The maximum atomic E-state index is 12.0. The van der Waals surface area contributed by atoms with Gasteiger partial charge in [0.25, 0.3) is 5.91 Å². The highest BCUT2D eigenvalue weighted by atomic mass is 32.1. The number of likely N-dealkylation sites (tertiary alicyclic amines) is 1. The van der Waals surface area contributed by atoms with Crippen molar-refractivity contribution < 1.29 is 14.7 Å². The molecule has 0 spiro atoms. The normalized spacial score (nSPS) is 24.7. The lowest BCUT2D eigenvalue weighted by molar-refractivity contribution is -0.147. The second kappa shape index (κ2) is 3.90. The van der Waals surface area contributed by atoms with Crippen molar-refractivity contribution in [2.45, 2.75) is 13.3 Å². The fourth-order valence-electron chi connectivity index (χ4n) is 1.88. The van der Waals surface area contributed by atoms with Gasteiger partial charge in [-0.1, -0.05) is 0 Å². The number of thiophene rings is 1. The lowest BCUT2D eigenvalue weighted by Gasteiger charge is -2.19. The van der Waals surface area contributed by atoms with Crippen LogP contribution in [0.1, 0.15) is 23.7 Å². The van der Waals surface area contributed by atoms with Crippen LogP contribution in [0.15, 0.2) is 16.8 Å². The van der Waals surface area contributed by atoms with E-state index in [4.69, 9.17) is 5.11 Å². The van der Waals surface area contributed by atoms with Crippen molar-refractivity contribution in [2.24, 2.45) is 5.41 Å². The molecule has 1 aromatic heterocycles. The first kappa shape index (κ1) is 11.1. The van der Waals surface area contributed by atoms with E-state index < -0.39 is 11.4 Å². The number of amides is 1. The van der Waals surface area contributed by atoms with Gasteiger partial charge in [0.1, 0.15) is 0 Å². The third-order valence-corrected chi connectivity index (χ3v) is 3.73. The van der Waals surface area contributed by atoms with Crippen LogP contribution in [0.3, 0.4) is 0 Å². The van der Waals surface area contributed by atoms with E-state index in [1.807, 2.05) is 5.38 Å². The first-order valence-corrected chi connectivity index (χ1v) is 6.02. The number of rotatable bonds is 2. The number of aliphatic carboxylic acids is 1. The molecule has 1 atom stereocenters. The molecule has 1 unspecified atom stereocenters. The van der Waals surface area contributed by atoms with E-state index in [-0.39, 0.29) is 5.91 Å². The number of carbonyl (C=O) groups is 2. The van der Waals surface area contributed by atoms with Crippen molar-refractivity contribution in [3.63, 3.8) is 0 Å². The molecule has 0 saturated carbocycles. The number of carbonyl (C=O) groups excluding carboxylic acids is 1. The Bertz CT molecular complexity index is 415. The molecule has 16 heavy (non-hydrogen) atoms. The van der Waals surface area contributed by atoms with Gasteiger partial charge in [0.05, 0.1) is 11.0 Å². The number of hydrogen-bond donors (Lipinski definition) is 1.